The summed E-state index contributed by atoms with van der Waals surface area (Å²) in [4.78, 5) is 12.9. The molecule has 2 aromatic rings. The molecule has 0 aliphatic rings. The SMILES string of the molecule is C[N+](C)(C)Cc1cc(C(=O)c2ccc(O)c(C[N+](C)(C)C)c2)ccc1O. The Kier molecular flexibility index (Phi) is 5.44. The highest BCUT2D eigenvalue weighted by atomic mass is 16.3. The number of nitrogens with zero attached hydrogens (tertiary/aromatic N) is 2. The number of ketones is 1. The van der Waals surface area contributed by atoms with E-state index in [-0.39, 0.29) is 17.3 Å². The Morgan fingerprint density at radius 2 is 1.08 bits per heavy atom. The molecule has 0 heterocycles. The molecule has 0 bridgehead atoms. The molecule has 0 radical (unpaired) electrons. The van der Waals surface area contributed by atoms with Gasteiger partial charge in [0.1, 0.15) is 24.6 Å². The molecule has 2 N–H and O–H groups in total. The van der Waals surface area contributed by atoms with Gasteiger partial charge in [-0.25, -0.2) is 0 Å². The van der Waals surface area contributed by atoms with E-state index in [1.54, 1.807) is 36.4 Å². The number of aromatic hydroxyl groups is 2. The summed E-state index contributed by atoms with van der Waals surface area (Å²) in [7, 11) is 12.2. The van der Waals surface area contributed by atoms with Crippen molar-refractivity contribution in [1.29, 1.82) is 0 Å². The first-order chi connectivity index (χ1) is 11.9. The van der Waals surface area contributed by atoms with Crippen LogP contribution >= 0.6 is 0 Å². The Labute approximate surface area is 155 Å². The lowest BCUT2D eigenvalue weighted by Gasteiger charge is -2.25. The van der Waals surface area contributed by atoms with Crippen molar-refractivity contribution in [2.24, 2.45) is 0 Å². The first-order valence-corrected chi connectivity index (χ1v) is 8.65. The van der Waals surface area contributed by atoms with Crippen molar-refractivity contribution in [3.63, 3.8) is 0 Å². The molecule has 0 aliphatic heterocycles. The van der Waals surface area contributed by atoms with Crippen LogP contribution in [0.3, 0.4) is 0 Å². The minimum absolute atomic E-state index is 0.115. The number of hydrogen-bond donors (Lipinski definition) is 2. The van der Waals surface area contributed by atoms with E-state index in [4.69, 9.17) is 0 Å². The zero-order valence-electron chi connectivity index (χ0n) is 16.6. The fraction of sp³-hybridized carbons (Fsp3) is 0.381. The molecule has 0 atom stereocenters. The average molecular weight is 358 g/mol. The van der Waals surface area contributed by atoms with Crippen molar-refractivity contribution >= 4 is 5.78 Å². The predicted octanol–water partition coefficient (Wildman–Crippen LogP) is 2.74. The number of quaternary nitrogens is 2. The summed E-state index contributed by atoms with van der Waals surface area (Å²) >= 11 is 0. The number of hydrogen-bond acceptors (Lipinski definition) is 3. The number of benzene rings is 2. The van der Waals surface area contributed by atoms with Gasteiger partial charge in [0, 0.05) is 22.3 Å². The number of phenolic OH excluding ortho intramolecular Hbond substituents is 2. The van der Waals surface area contributed by atoms with Crippen LogP contribution in [-0.2, 0) is 13.1 Å². The largest absolute Gasteiger partial charge is 0.507 e. The maximum atomic E-state index is 12.9. The maximum absolute atomic E-state index is 12.9. The van der Waals surface area contributed by atoms with Crippen LogP contribution in [0.15, 0.2) is 36.4 Å². The molecule has 0 spiro atoms. The van der Waals surface area contributed by atoms with E-state index in [1.165, 1.54) is 0 Å². The van der Waals surface area contributed by atoms with Gasteiger partial charge in [0.2, 0.25) is 0 Å². The van der Waals surface area contributed by atoms with Crippen LogP contribution in [0.2, 0.25) is 0 Å². The highest BCUT2D eigenvalue weighted by Gasteiger charge is 2.19. The molecule has 140 valence electrons. The van der Waals surface area contributed by atoms with Crippen molar-refractivity contribution in [1.82, 2.24) is 0 Å². The molecule has 5 nitrogen and oxygen atoms in total. The van der Waals surface area contributed by atoms with Crippen molar-refractivity contribution in [2.45, 2.75) is 13.1 Å². The zero-order chi connectivity index (χ0) is 19.7. The van der Waals surface area contributed by atoms with Crippen LogP contribution in [0.4, 0.5) is 0 Å². The van der Waals surface area contributed by atoms with Crippen molar-refractivity contribution < 1.29 is 24.0 Å². The first kappa shape index (κ1) is 19.9. The van der Waals surface area contributed by atoms with Gasteiger partial charge in [-0.3, -0.25) is 4.79 Å². The molecular weight excluding hydrogens is 328 g/mol. The lowest BCUT2D eigenvalue weighted by atomic mass is 9.98. The molecule has 26 heavy (non-hydrogen) atoms. The third kappa shape index (κ3) is 5.31. The molecule has 0 saturated heterocycles. The maximum Gasteiger partial charge on any atom is 0.193 e. The summed E-state index contributed by atoms with van der Waals surface area (Å²) < 4.78 is 1.30. The Hall–Kier alpha value is -2.37. The second-order valence-electron chi connectivity index (χ2n) is 8.91. The Morgan fingerprint density at radius 3 is 1.38 bits per heavy atom. The molecule has 0 fully saturated rings. The normalized spacial score (nSPS) is 12.2. The van der Waals surface area contributed by atoms with Gasteiger partial charge >= 0.3 is 0 Å². The first-order valence-electron chi connectivity index (χ1n) is 8.65. The van der Waals surface area contributed by atoms with Crippen LogP contribution in [0.25, 0.3) is 0 Å². The minimum Gasteiger partial charge on any atom is -0.507 e. The van der Waals surface area contributed by atoms with Gasteiger partial charge in [-0.05, 0) is 36.4 Å². The third-order valence-corrected chi connectivity index (χ3v) is 3.97. The summed E-state index contributed by atoms with van der Waals surface area (Å²) in [5.74, 6) is 0.285. The monoisotopic (exact) mass is 358 g/mol. The van der Waals surface area contributed by atoms with Crippen LogP contribution in [0.1, 0.15) is 27.0 Å². The minimum atomic E-state index is -0.115. The van der Waals surface area contributed by atoms with Crippen molar-refractivity contribution in [3.8, 4) is 11.5 Å². The third-order valence-electron chi connectivity index (χ3n) is 3.97. The van der Waals surface area contributed by atoms with Crippen molar-refractivity contribution in [2.75, 3.05) is 42.3 Å². The fourth-order valence-electron chi connectivity index (χ4n) is 2.90. The molecule has 2 aromatic carbocycles. The van der Waals surface area contributed by atoms with E-state index in [1.807, 2.05) is 42.3 Å². The fourth-order valence-corrected chi connectivity index (χ4v) is 2.90. The predicted molar refractivity (Wildman–Crippen MR) is 103 cm³/mol. The standard InChI is InChI=1S/C21H28N2O3/c1-22(2,3)13-17-11-15(7-9-19(17)24)21(26)16-8-10-20(25)18(12-16)14-23(4,5)6/h7-12H,13-14H2,1-6H3/p+2. The highest BCUT2D eigenvalue weighted by molar-refractivity contribution is 6.09. The van der Waals surface area contributed by atoms with E-state index in [9.17, 15) is 15.0 Å². The highest BCUT2D eigenvalue weighted by Crippen LogP contribution is 2.26. The topological polar surface area (TPSA) is 57.5 Å². The Balaban J connectivity index is 2.37. The van der Waals surface area contributed by atoms with Gasteiger partial charge in [-0.2, -0.15) is 0 Å². The number of rotatable bonds is 6. The summed E-state index contributed by atoms with van der Waals surface area (Å²) in [5.41, 5.74) is 2.56. The smallest absolute Gasteiger partial charge is 0.193 e. The molecule has 2 rings (SSSR count). The summed E-state index contributed by atoms with van der Waals surface area (Å²) in [6.07, 6.45) is 0. The molecule has 0 saturated carbocycles. The van der Waals surface area contributed by atoms with E-state index < -0.39 is 0 Å². The van der Waals surface area contributed by atoms with Crippen LogP contribution < -0.4 is 0 Å². The number of carbonyl (C=O) groups is 1. The van der Waals surface area contributed by atoms with Crippen molar-refractivity contribution in [3.05, 3.63) is 58.7 Å². The van der Waals surface area contributed by atoms with E-state index in [0.29, 0.717) is 33.2 Å². The summed E-state index contributed by atoms with van der Waals surface area (Å²) in [6.45, 7) is 1.24. The lowest BCUT2D eigenvalue weighted by molar-refractivity contribution is -0.884. The second-order valence-corrected chi connectivity index (χ2v) is 8.91. The Morgan fingerprint density at radius 1 is 0.731 bits per heavy atom. The number of carbonyl (C=O) groups excluding carboxylic acids is 1. The van der Waals surface area contributed by atoms with Crippen LogP contribution in [-0.4, -0.2) is 67.2 Å². The van der Waals surface area contributed by atoms with Gasteiger partial charge < -0.3 is 19.2 Å². The van der Waals surface area contributed by atoms with Gasteiger partial charge in [-0.15, -0.1) is 0 Å². The molecule has 0 aromatic heterocycles. The molecular formula is C21H30N2O3+2. The summed E-state index contributed by atoms with van der Waals surface area (Å²) in [5, 5.41) is 20.2. The summed E-state index contributed by atoms with van der Waals surface area (Å²) in [6, 6.07) is 9.95. The molecule has 5 heteroatoms. The van der Waals surface area contributed by atoms with Crippen LogP contribution in [0.5, 0.6) is 11.5 Å². The van der Waals surface area contributed by atoms with E-state index in [2.05, 4.69) is 0 Å². The quantitative estimate of drug-likeness (QED) is 0.617. The Bertz CT molecular complexity index is 747. The average Bonchev–Trinajstić information content (AvgIpc) is 2.48. The van der Waals surface area contributed by atoms with Gasteiger partial charge in [0.25, 0.3) is 0 Å². The molecule has 0 aliphatic carbocycles. The van der Waals surface area contributed by atoms with Crippen LogP contribution in [0, 0.1) is 0 Å². The molecule has 0 unspecified atom stereocenters. The van der Waals surface area contributed by atoms with Gasteiger partial charge in [-0.1, -0.05) is 0 Å². The molecule has 0 amide bonds. The second kappa shape index (κ2) is 7.09. The van der Waals surface area contributed by atoms with E-state index >= 15 is 0 Å². The zero-order valence-corrected chi connectivity index (χ0v) is 16.6. The lowest BCUT2D eigenvalue weighted by Crippen LogP contribution is -2.33. The van der Waals surface area contributed by atoms with Gasteiger partial charge in [0.15, 0.2) is 5.78 Å². The number of phenols is 2. The van der Waals surface area contributed by atoms with Gasteiger partial charge in [0.05, 0.1) is 42.3 Å². The van der Waals surface area contributed by atoms with E-state index in [0.717, 1.165) is 11.1 Å².